The van der Waals surface area contributed by atoms with Crippen molar-refractivity contribution in [3.63, 3.8) is 0 Å². The van der Waals surface area contributed by atoms with Crippen molar-refractivity contribution >= 4 is 11.8 Å². The highest BCUT2D eigenvalue weighted by Crippen LogP contribution is 2.33. The Balaban J connectivity index is 1.50. The van der Waals surface area contributed by atoms with Crippen LogP contribution >= 0.6 is 0 Å². The number of nitrogens with zero attached hydrogens (tertiary/aromatic N) is 2. The maximum absolute atomic E-state index is 12.3. The van der Waals surface area contributed by atoms with E-state index < -0.39 is 0 Å². The van der Waals surface area contributed by atoms with Gasteiger partial charge in [-0.2, -0.15) is 0 Å². The summed E-state index contributed by atoms with van der Waals surface area (Å²) in [5.74, 6) is 0.899. The number of nitrogens with one attached hydrogen (secondary N) is 1. The van der Waals surface area contributed by atoms with Crippen LogP contribution in [0.3, 0.4) is 0 Å². The van der Waals surface area contributed by atoms with Crippen LogP contribution < -0.4 is 14.8 Å². The zero-order chi connectivity index (χ0) is 16.9. The van der Waals surface area contributed by atoms with E-state index in [-0.39, 0.29) is 11.8 Å². The molecule has 1 saturated heterocycles. The number of para-hydroxylation sites is 1. The zero-order valence-corrected chi connectivity index (χ0v) is 13.9. The number of benzene rings is 1. The van der Waals surface area contributed by atoms with Crippen LogP contribution in [0, 0.1) is 0 Å². The van der Waals surface area contributed by atoms with Gasteiger partial charge in [0.25, 0.3) is 5.91 Å². The molecule has 0 unspecified atom stereocenters. The topological polar surface area (TPSA) is 71.1 Å². The van der Waals surface area contributed by atoms with Crippen LogP contribution in [0.25, 0.3) is 0 Å². The Morgan fingerprint density at radius 3 is 2.67 bits per heavy atom. The summed E-state index contributed by atoms with van der Waals surface area (Å²) in [5.41, 5.74) is 0.444. The Morgan fingerprint density at radius 1 is 1.12 bits per heavy atom. The first kappa shape index (κ1) is 16.6. The molecule has 0 atom stereocenters. The Morgan fingerprint density at radius 2 is 1.88 bits per heavy atom. The molecular formula is C17H23N3O4. The summed E-state index contributed by atoms with van der Waals surface area (Å²) >= 11 is 0. The second-order valence-corrected chi connectivity index (χ2v) is 6.02. The third-order valence-corrected chi connectivity index (χ3v) is 4.29. The number of carbonyl (C=O) groups is 2. The quantitative estimate of drug-likeness (QED) is 0.861. The lowest BCUT2D eigenvalue weighted by Crippen LogP contribution is -2.47. The molecule has 7 heteroatoms. The predicted molar refractivity (Wildman–Crippen MR) is 88.5 cm³/mol. The molecule has 0 spiro atoms. The van der Waals surface area contributed by atoms with Crippen LogP contribution in [0.15, 0.2) is 18.2 Å². The number of likely N-dealkylation sites (N-methyl/N-ethyl adjacent to an activating group) is 1. The molecule has 2 amide bonds. The fourth-order valence-corrected chi connectivity index (χ4v) is 2.84. The third-order valence-electron chi connectivity index (χ3n) is 4.29. The fourth-order valence-electron chi connectivity index (χ4n) is 2.84. The summed E-state index contributed by atoms with van der Waals surface area (Å²) in [5, 5.41) is 2.80. The Bertz CT molecular complexity index is 612. The molecule has 0 aliphatic carbocycles. The Labute approximate surface area is 141 Å². The highest BCUT2D eigenvalue weighted by atomic mass is 16.6. The molecule has 3 rings (SSSR count). The highest BCUT2D eigenvalue weighted by Gasteiger charge is 2.21. The lowest BCUT2D eigenvalue weighted by molar-refractivity contribution is -0.132. The van der Waals surface area contributed by atoms with Gasteiger partial charge < -0.3 is 24.6 Å². The zero-order valence-electron chi connectivity index (χ0n) is 13.9. The van der Waals surface area contributed by atoms with Crippen LogP contribution in [0.4, 0.5) is 0 Å². The molecule has 1 aromatic carbocycles. The maximum Gasteiger partial charge on any atom is 0.255 e. The molecule has 0 radical (unpaired) electrons. The predicted octanol–water partition coefficient (Wildman–Crippen LogP) is 0.352. The van der Waals surface area contributed by atoms with Crippen LogP contribution in [0.1, 0.15) is 16.8 Å². The van der Waals surface area contributed by atoms with Crippen molar-refractivity contribution in [2.45, 2.75) is 6.42 Å². The van der Waals surface area contributed by atoms with Crippen molar-refractivity contribution in [3.05, 3.63) is 23.8 Å². The van der Waals surface area contributed by atoms with Gasteiger partial charge in [0.05, 0.1) is 5.56 Å². The first-order chi connectivity index (χ1) is 11.6. The average molecular weight is 333 g/mol. The summed E-state index contributed by atoms with van der Waals surface area (Å²) < 4.78 is 11.0. The molecule has 0 bridgehead atoms. The highest BCUT2D eigenvalue weighted by molar-refractivity contribution is 5.98. The normalized spacial score (nSPS) is 17.5. The number of ether oxygens (including phenoxy) is 2. The lowest BCUT2D eigenvalue weighted by Gasteiger charge is -2.32. The van der Waals surface area contributed by atoms with E-state index in [2.05, 4.69) is 10.2 Å². The van der Waals surface area contributed by atoms with Gasteiger partial charge in [0.2, 0.25) is 5.91 Å². The molecule has 1 N–H and O–H groups in total. The van der Waals surface area contributed by atoms with E-state index in [1.807, 2.05) is 11.9 Å². The first-order valence-electron chi connectivity index (χ1n) is 8.28. The summed E-state index contributed by atoms with van der Waals surface area (Å²) in [6.45, 7) is 4.52. The molecule has 130 valence electrons. The van der Waals surface area contributed by atoms with Crippen LogP contribution in [0.2, 0.25) is 0 Å². The van der Waals surface area contributed by atoms with E-state index in [0.717, 1.165) is 26.2 Å². The van der Waals surface area contributed by atoms with E-state index in [1.165, 1.54) is 0 Å². The molecule has 0 aromatic heterocycles. The number of piperazine rings is 1. The number of rotatable bonds is 4. The number of amides is 2. The second kappa shape index (κ2) is 7.53. The molecule has 2 aliphatic rings. The van der Waals surface area contributed by atoms with Crippen molar-refractivity contribution < 1.29 is 19.1 Å². The van der Waals surface area contributed by atoms with Crippen molar-refractivity contribution in [1.29, 1.82) is 0 Å². The van der Waals surface area contributed by atoms with Crippen molar-refractivity contribution in [2.24, 2.45) is 0 Å². The number of hydrogen-bond acceptors (Lipinski definition) is 5. The Kier molecular flexibility index (Phi) is 5.20. The minimum Gasteiger partial charge on any atom is -0.486 e. The van der Waals surface area contributed by atoms with E-state index in [9.17, 15) is 9.59 Å². The van der Waals surface area contributed by atoms with Crippen LogP contribution in [-0.4, -0.2) is 74.6 Å². The molecule has 24 heavy (non-hydrogen) atoms. The second-order valence-electron chi connectivity index (χ2n) is 6.02. The van der Waals surface area contributed by atoms with E-state index in [4.69, 9.17) is 9.47 Å². The smallest absolute Gasteiger partial charge is 0.255 e. The van der Waals surface area contributed by atoms with Crippen molar-refractivity contribution in [1.82, 2.24) is 15.1 Å². The van der Waals surface area contributed by atoms with Gasteiger partial charge in [0, 0.05) is 39.1 Å². The monoisotopic (exact) mass is 333 g/mol. The molecular weight excluding hydrogens is 310 g/mol. The minimum atomic E-state index is -0.247. The van der Waals surface area contributed by atoms with Crippen molar-refractivity contribution in [3.8, 4) is 11.5 Å². The van der Waals surface area contributed by atoms with Gasteiger partial charge in [-0.3, -0.25) is 9.59 Å². The largest absolute Gasteiger partial charge is 0.486 e. The molecule has 2 heterocycles. The SMILES string of the molecule is CN1CCN(C(=O)CCNC(=O)c2cccc3c2OCCO3)CC1. The third kappa shape index (κ3) is 3.79. The summed E-state index contributed by atoms with van der Waals surface area (Å²) in [6.07, 6.45) is 0.307. The average Bonchev–Trinajstić information content (AvgIpc) is 2.61. The van der Waals surface area contributed by atoms with E-state index in [1.54, 1.807) is 18.2 Å². The van der Waals surface area contributed by atoms with Gasteiger partial charge in [-0.25, -0.2) is 0 Å². The molecule has 7 nitrogen and oxygen atoms in total. The maximum atomic E-state index is 12.3. The molecule has 2 aliphatic heterocycles. The van der Waals surface area contributed by atoms with Crippen LogP contribution in [-0.2, 0) is 4.79 Å². The van der Waals surface area contributed by atoms with Gasteiger partial charge in [-0.15, -0.1) is 0 Å². The lowest BCUT2D eigenvalue weighted by atomic mass is 10.1. The van der Waals surface area contributed by atoms with E-state index in [0.29, 0.717) is 43.2 Å². The summed E-state index contributed by atoms with van der Waals surface area (Å²) in [4.78, 5) is 28.6. The standard InChI is InChI=1S/C17H23N3O4/c1-19-7-9-20(10-8-19)15(21)5-6-18-17(22)13-3-2-4-14-16(13)24-12-11-23-14/h2-4H,5-12H2,1H3,(H,18,22). The fraction of sp³-hybridized carbons (Fsp3) is 0.529. The van der Waals surface area contributed by atoms with Crippen molar-refractivity contribution in [2.75, 3.05) is 53.0 Å². The molecule has 1 fully saturated rings. The number of carbonyl (C=O) groups excluding carboxylic acids is 2. The first-order valence-corrected chi connectivity index (χ1v) is 8.28. The van der Waals surface area contributed by atoms with Gasteiger partial charge in [-0.05, 0) is 19.2 Å². The summed E-state index contributed by atoms with van der Waals surface area (Å²) in [7, 11) is 2.05. The van der Waals surface area contributed by atoms with E-state index >= 15 is 0 Å². The van der Waals surface area contributed by atoms with Crippen LogP contribution in [0.5, 0.6) is 11.5 Å². The Hall–Kier alpha value is -2.28. The van der Waals surface area contributed by atoms with Gasteiger partial charge in [0.15, 0.2) is 11.5 Å². The van der Waals surface area contributed by atoms with Gasteiger partial charge >= 0.3 is 0 Å². The minimum absolute atomic E-state index is 0.0815. The molecule has 1 aromatic rings. The molecule has 0 saturated carbocycles. The van der Waals surface area contributed by atoms with Gasteiger partial charge in [-0.1, -0.05) is 6.07 Å². The van der Waals surface area contributed by atoms with Gasteiger partial charge in [0.1, 0.15) is 13.2 Å². The number of fused-ring (bicyclic) bond motifs is 1. The summed E-state index contributed by atoms with van der Waals surface area (Å²) in [6, 6.07) is 5.24. The number of hydrogen-bond donors (Lipinski definition) is 1.